The second-order valence-electron chi connectivity index (χ2n) is 8.29. The molecule has 156 valence electrons. The van der Waals surface area contributed by atoms with E-state index in [-0.39, 0.29) is 0 Å². The summed E-state index contributed by atoms with van der Waals surface area (Å²) in [6, 6.07) is 4.21. The molecule has 0 aromatic carbocycles. The summed E-state index contributed by atoms with van der Waals surface area (Å²) in [6.45, 7) is 6.24. The summed E-state index contributed by atoms with van der Waals surface area (Å²) in [5, 5.41) is 9.94. The SMILES string of the molecule is CNc1cnc(Nc2ccnc(N3C[C@H]4CC(OC)C[C@H]4C3)n2)cc1NC(C)C. The first-order valence-electron chi connectivity index (χ1n) is 10.4. The van der Waals surface area contributed by atoms with Crippen molar-refractivity contribution in [3.63, 3.8) is 0 Å². The summed E-state index contributed by atoms with van der Waals surface area (Å²) < 4.78 is 5.55. The van der Waals surface area contributed by atoms with Gasteiger partial charge in [0.15, 0.2) is 0 Å². The van der Waals surface area contributed by atoms with Crippen molar-refractivity contribution < 1.29 is 4.74 Å². The van der Waals surface area contributed by atoms with Gasteiger partial charge in [0, 0.05) is 45.6 Å². The number of anilines is 5. The molecule has 0 spiro atoms. The Balaban J connectivity index is 1.46. The first kappa shape index (κ1) is 19.7. The topological polar surface area (TPSA) is 87.2 Å². The Kier molecular flexibility index (Phi) is 5.71. The Bertz CT molecular complexity index is 830. The van der Waals surface area contributed by atoms with Gasteiger partial charge in [-0.15, -0.1) is 0 Å². The molecule has 1 unspecified atom stereocenters. The molecule has 4 rings (SSSR count). The Hall–Kier alpha value is -2.61. The number of rotatable bonds is 7. The van der Waals surface area contributed by atoms with Crippen LogP contribution < -0.4 is 20.9 Å². The largest absolute Gasteiger partial charge is 0.385 e. The first-order valence-corrected chi connectivity index (χ1v) is 10.4. The molecule has 1 aliphatic heterocycles. The Morgan fingerprint density at radius 1 is 1.10 bits per heavy atom. The zero-order valence-corrected chi connectivity index (χ0v) is 17.6. The van der Waals surface area contributed by atoms with Gasteiger partial charge >= 0.3 is 0 Å². The molecule has 1 saturated carbocycles. The van der Waals surface area contributed by atoms with Gasteiger partial charge in [-0.05, 0) is 44.6 Å². The number of nitrogens with one attached hydrogen (secondary N) is 3. The van der Waals surface area contributed by atoms with Crippen LogP contribution in [0.2, 0.25) is 0 Å². The van der Waals surface area contributed by atoms with Gasteiger partial charge < -0.3 is 25.6 Å². The summed E-state index contributed by atoms with van der Waals surface area (Å²) in [5.41, 5.74) is 1.97. The average molecular weight is 398 g/mol. The van der Waals surface area contributed by atoms with Gasteiger partial charge in [0.2, 0.25) is 5.95 Å². The predicted molar refractivity (Wildman–Crippen MR) is 117 cm³/mol. The molecule has 2 aliphatic rings. The number of aromatic nitrogens is 3. The maximum Gasteiger partial charge on any atom is 0.227 e. The molecule has 0 bridgehead atoms. The molecule has 1 aliphatic carbocycles. The van der Waals surface area contributed by atoms with E-state index >= 15 is 0 Å². The zero-order chi connectivity index (χ0) is 20.4. The van der Waals surface area contributed by atoms with Crippen LogP contribution in [0.1, 0.15) is 26.7 Å². The third-order valence-corrected chi connectivity index (χ3v) is 5.84. The van der Waals surface area contributed by atoms with Crippen molar-refractivity contribution in [2.75, 3.05) is 48.1 Å². The standard InChI is InChI=1S/C21H31N7O/c1-13(2)25-17-9-20(24-10-18(17)22-3)26-19-5-6-23-21(27-19)28-11-14-7-16(29-4)8-15(14)12-28/h5-6,9-10,13-16,22H,7-8,11-12H2,1-4H3,(H2,23,24,25,26,27)/t14-,15+,16?. The van der Waals surface area contributed by atoms with Crippen LogP contribution >= 0.6 is 0 Å². The second kappa shape index (κ2) is 8.41. The van der Waals surface area contributed by atoms with Crippen molar-refractivity contribution >= 4 is 29.0 Å². The van der Waals surface area contributed by atoms with Crippen molar-refractivity contribution in [2.45, 2.75) is 38.8 Å². The van der Waals surface area contributed by atoms with Crippen molar-refractivity contribution in [3.8, 4) is 0 Å². The van der Waals surface area contributed by atoms with E-state index in [4.69, 9.17) is 9.72 Å². The smallest absolute Gasteiger partial charge is 0.227 e. The van der Waals surface area contributed by atoms with Crippen molar-refractivity contribution in [1.82, 2.24) is 15.0 Å². The molecule has 2 aromatic heterocycles. The third-order valence-electron chi connectivity index (χ3n) is 5.84. The lowest BCUT2D eigenvalue weighted by Gasteiger charge is -2.19. The molecule has 3 heterocycles. The summed E-state index contributed by atoms with van der Waals surface area (Å²) in [6.07, 6.45) is 6.34. The Morgan fingerprint density at radius 2 is 1.86 bits per heavy atom. The lowest BCUT2D eigenvalue weighted by atomic mass is 10.0. The molecule has 29 heavy (non-hydrogen) atoms. The molecule has 2 fully saturated rings. The molecule has 8 nitrogen and oxygen atoms in total. The van der Waals surface area contributed by atoms with Gasteiger partial charge in [0.1, 0.15) is 11.6 Å². The molecule has 0 amide bonds. The van der Waals surface area contributed by atoms with Crippen LogP contribution in [0, 0.1) is 11.8 Å². The quantitative estimate of drug-likeness (QED) is 0.656. The van der Waals surface area contributed by atoms with E-state index in [1.165, 1.54) is 0 Å². The van der Waals surface area contributed by atoms with Crippen LogP contribution in [0.5, 0.6) is 0 Å². The highest BCUT2D eigenvalue weighted by molar-refractivity contribution is 5.72. The van der Waals surface area contributed by atoms with Crippen molar-refractivity contribution in [3.05, 3.63) is 24.5 Å². The maximum absolute atomic E-state index is 5.55. The number of nitrogens with zero attached hydrogens (tertiary/aromatic N) is 4. The summed E-state index contributed by atoms with van der Waals surface area (Å²) in [5.74, 6) is 3.65. The fourth-order valence-electron chi connectivity index (χ4n) is 4.46. The molecule has 3 atom stereocenters. The normalized spacial score (nSPS) is 23.3. The molecular formula is C21H31N7O. The number of ether oxygens (including phenoxy) is 1. The first-order chi connectivity index (χ1) is 14.1. The number of fused-ring (bicyclic) bond motifs is 1. The monoisotopic (exact) mass is 397 g/mol. The fourth-order valence-corrected chi connectivity index (χ4v) is 4.46. The van der Waals surface area contributed by atoms with E-state index in [0.717, 1.165) is 54.9 Å². The number of hydrogen-bond donors (Lipinski definition) is 3. The van der Waals surface area contributed by atoms with Gasteiger partial charge in [0.05, 0.1) is 23.7 Å². The van der Waals surface area contributed by atoms with Gasteiger partial charge in [-0.1, -0.05) is 0 Å². The highest BCUT2D eigenvalue weighted by Crippen LogP contribution is 2.40. The van der Waals surface area contributed by atoms with Crippen LogP contribution in [-0.4, -0.2) is 54.3 Å². The minimum atomic E-state index is 0.329. The Morgan fingerprint density at radius 3 is 2.52 bits per heavy atom. The van der Waals surface area contributed by atoms with Crippen LogP contribution in [-0.2, 0) is 4.74 Å². The highest BCUT2D eigenvalue weighted by atomic mass is 16.5. The van der Waals surface area contributed by atoms with Crippen LogP contribution in [0.25, 0.3) is 0 Å². The molecule has 2 aromatic rings. The van der Waals surface area contributed by atoms with Crippen molar-refractivity contribution in [1.29, 1.82) is 0 Å². The maximum atomic E-state index is 5.55. The molecule has 3 N–H and O–H groups in total. The van der Waals surface area contributed by atoms with Gasteiger partial charge in [0.25, 0.3) is 0 Å². The van der Waals surface area contributed by atoms with Gasteiger partial charge in [-0.3, -0.25) is 0 Å². The molecule has 8 heteroatoms. The van der Waals surface area contributed by atoms with Gasteiger partial charge in [-0.2, -0.15) is 4.98 Å². The molecule has 0 radical (unpaired) electrons. The van der Waals surface area contributed by atoms with Gasteiger partial charge in [-0.25, -0.2) is 9.97 Å². The number of pyridine rings is 1. The van der Waals surface area contributed by atoms with Crippen molar-refractivity contribution in [2.24, 2.45) is 11.8 Å². The summed E-state index contributed by atoms with van der Waals surface area (Å²) >= 11 is 0. The summed E-state index contributed by atoms with van der Waals surface area (Å²) in [4.78, 5) is 16.1. The summed E-state index contributed by atoms with van der Waals surface area (Å²) in [7, 11) is 3.72. The van der Waals surface area contributed by atoms with E-state index in [1.54, 1.807) is 0 Å². The second-order valence-corrected chi connectivity index (χ2v) is 8.29. The fraction of sp³-hybridized carbons (Fsp3) is 0.571. The average Bonchev–Trinajstić information content (AvgIpc) is 3.27. The minimum Gasteiger partial charge on any atom is -0.385 e. The van der Waals surface area contributed by atoms with Crippen LogP contribution in [0.3, 0.4) is 0 Å². The predicted octanol–water partition coefficient (Wildman–Crippen LogP) is 3.34. The van der Waals surface area contributed by atoms with E-state index < -0.39 is 0 Å². The van der Waals surface area contributed by atoms with E-state index in [0.29, 0.717) is 24.0 Å². The van der Waals surface area contributed by atoms with E-state index in [9.17, 15) is 0 Å². The molecule has 1 saturated heterocycles. The lowest BCUT2D eigenvalue weighted by molar-refractivity contribution is 0.102. The third kappa shape index (κ3) is 4.37. The van der Waals surface area contributed by atoms with E-state index in [1.807, 2.05) is 38.7 Å². The van der Waals surface area contributed by atoms with Crippen LogP contribution in [0.15, 0.2) is 24.5 Å². The number of methoxy groups -OCH3 is 1. The lowest BCUT2D eigenvalue weighted by Crippen LogP contribution is -2.25. The highest BCUT2D eigenvalue weighted by Gasteiger charge is 2.41. The minimum absolute atomic E-state index is 0.329. The number of hydrogen-bond acceptors (Lipinski definition) is 8. The van der Waals surface area contributed by atoms with Crippen LogP contribution in [0.4, 0.5) is 29.0 Å². The Labute approximate surface area is 172 Å². The molecular weight excluding hydrogens is 366 g/mol. The zero-order valence-electron chi connectivity index (χ0n) is 17.6. The van der Waals surface area contributed by atoms with E-state index in [2.05, 4.69) is 44.7 Å².